The van der Waals surface area contributed by atoms with Gasteiger partial charge >= 0.3 is 0 Å². The molecule has 0 N–H and O–H groups in total. The Balaban J connectivity index is 1.34. The van der Waals surface area contributed by atoms with Gasteiger partial charge in [0.05, 0.1) is 24.6 Å². The lowest BCUT2D eigenvalue weighted by Gasteiger charge is -2.35. The maximum Gasteiger partial charge on any atom is 0.266 e. The topological polar surface area (TPSA) is 104 Å². The Kier molecular flexibility index (Phi) is 5.54. The number of piperazine rings is 1. The van der Waals surface area contributed by atoms with Crippen molar-refractivity contribution in [3.63, 3.8) is 0 Å². The van der Waals surface area contributed by atoms with Crippen LogP contribution in [0.15, 0.2) is 53.8 Å². The lowest BCUT2D eigenvalue weighted by molar-refractivity contribution is 0.242. The van der Waals surface area contributed by atoms with Gasteiger partial charge in [-0.05, 0) is 18.2 Å². The molecule has 3 aromatic heterocycles. The van der Waals surface area contributed by atoms with E-state index in [1.54, 1.807) is 30.7 Å². The largest absolute Gasteiger partial charge is 0.353 e. The summed E-state index contributed by atoms with van der Waals surface area (Å²) in [7, 11) is 0. The number of nitrogens with zero attached hydrogens (tertiary/aromatic N) is 8. The van der Waals surface area contributed by atoms with Crippen molar-refractivity contribution >= 4 is 5.82 Å². The number of pyridine rings is 1. The van der Waals surface area contributed by atoms with E-state index in [1.165, 1.54) is 10.9 Å². The molecule has 0 aromatic carbocycles. The van der Waals surface area contributed by atoms with E-state index in [4.69, 9.17) is 5.26 Å². The number of nitriles is 1. The van der Waals surface area contributed by atoms with Crippen LogP contribution in [0.3, 0.4) is 0 Å². The Bertz CT molecular complexity index is 1050. The molecule has 0 amide bonds. The van der Waals surface area contributed by atoms with Crippen molar-refractivity contribution in [3.05, 3.63) is 65.1 Å². The summed E-state index contributed by atoms with van der Waals surface area (Å²) in [5, 5.41) is 13.3. The van der Waals surface area contributed by atoms with E-state index in [1.807, 2.05) is 18.2 Å². The highest BCUT2D eigenvalue weighted by atomic mass is 16.1. The molecule has 0 atom stereocenters. The predicted molar refractivity (Wildman–Crippen MR) is 107 cm³/mol. The number of rotatable bonds is 5. The summed E-state index contributed by atoms with van der Waals surface area (Å²) in [4.78, 5) is 29.1. The van der Waals surface area contributed by atoms with Gasteiger partial charge in [0.25, 0.3) is 5.56 Å². The molecular formula is C20H20N8O. The fraction of sp³-hybridized carbons (Fsp3) is 0.300. The number of hydrogen-bond donors (Lipinski definition) is 0. The second-order valence-electron chi connectivity index (χ2n) is 6.72. The van der Waals surface area contributed by atoms with Gasteiger partial charge in [-0.25, -0.2) is 14.6 Å². The first kappa shape index (κ1) is 18.7. The van der Waals surface area contributed by atoms with Crippen molar-refractivity contribution in [1.82, 2.24) is 29.6 Å². The third-order valence-corrected chi connectivity index (χ3v) is 4.90. The molecule has 146 valence electrons. The predicted octanol–water partition coefficient (Wildman–Crippen LogP) is 0.789. The minimum absolute atomic E-state index is 0.107. The SMILES string of the molecule is N#Cc1cnc(N2CCN(CCn3nc(-c4cccnc4)ccc3=O)CC2)cn1. The minimum Gasteiger partial charge on any atom is -0.353 e. The van der Waals surface area contributed by atoms with Crippen molar-refractivity contribution in [3.8, 4) is 17.3 Å². The molecule has 9 nitrogen and oxygen atoms in total. The van der Waals surface area contributed by atoms with Gasteiger partial charge in [-0.3, -0.25) is 14.7 Å². The summed E-state index contributed by atoms with van der Waals surface area (Å²) < 4.78 is 1.51. The highest BCUT2D eigenvalue weighted by Crippen LogP contribution is 2.14. The third-order valence-electron chi connectivity index (χ3n) is 4.90. The van der Waals surface area contributed by atoms with Crippen LogP contribution in [0.2, 0.25) is 0 Å². The van der Waals surface area contributed by atoms with Crippen molar-refractivity contribution < 1.29 is 0 Å². The van der Waals surface area contributed by atoms with E-state index < -0.39 is 0 Å². The summed E-state index contributed by atoms with van der Waals surface area (Å²) >= 11 is 0. The quantitative estimate of drug-likeness (QED) is 0.632. The van der Waals surface area contributed by atoms with Crippen LogP contribution in [0.4, 0.5) is 5.82 Å². The molecule has 0 aliphatic carbocycles. The average Bonchev–Trinajstić information content (AvgIpc) is 2.79. The van der Waals surface area contributed by atoms with Gasteiger partial charge in [-0.1, -0.05) is 0 Å². The van der Waals surface area contributed by atoms with Crippen LogP contribution in [0, 0.1) is 11.3 Å². The zero-order valence-corrected chi connectivity index (χ0v) is 15.8. The van der Waals surface area contributed by atoms with E-state index in [0.717, 1.165) is 49.8 Å². The minimum atomic E-state index is -0.107. The van der Waals surface area contributed by atoms with Crippen LogP contribution in [-0.4, -0.2) is 62.4 Å². The molecule has 0 radical (unpaired) electrons. The summed E-state index contributed by atoms with van der Waals surface area (Å²) in [6.45, 7) is 4.63. The van der Waals surface area contributed by atoms with E-state index >= 15 is 0 Å². The molecule has 0 saturated carbocycles. The van der Waals surface area contributed by atoms with Gasteiger partial charge < -0.3 is 4.90 Å². The average molecular weight is 388 g/mol. The second-order valence-corrected chi connectivity index (χ2v) is 6.72. The molecule has 0 unspecified atom stereocenters. The van der Waals surface area contributed by atoms with Crippen LogP contribution in [0.5, 0.6) is 0 Å². The van der Waals surface area contributed by atoms with Gasteiger partial charge in [0.2, 0.25) is 0 Å². The van der Waals surface area contributed by atoms with Gasteiger partial charge in [-0.15, -0.1) is 0 Å². The molecule has 29 heavy (non-hydrogen) atoms. The van der Waals surface area contributed by atoms with Gasteiger partial charge in [0, 0.05) is 56.7 Å². The van der Waals surface area contributed by atoms with Crippen molar-refractivity contribution in [2.45, 2.75) is 6.54 Å². The number of hydrogen-bond acceptors (Lipinski definition) is 8. The molecule has 0 bridgehead atoms. The Morgan fingerprint density at radius 2 is 1.86 bits per heavy atom. The summed E-state index contributed by atoms with van der Waals surface area (Å²) in [6.07, 6.45) is 6.59. The van der Waals surface area contributed by atoms with Crippen LogP contribution >= 0.6 is 0 Å². The first-order chi connectivity index (χ1) is 14.2. The van der Waals surface area contributed by atoms with Crippen LogP contribution in [0.1, 0.15) is 5.69 Å². The Morgan fingerprint density at radius 3 is 2.55 bits per heavy atom. The zero-order chi connectivity index (χ0) is 20.1. The molecule has 1 fully saturated rings. The first-order valence-electron chi connectivity index (χ1n) is 9.41. The molecule has 1 saturated heterocycles. The van der Waals surface area contributed by atoms with E-state index in [-0.39, 0.29) is 5.56 Å². The number of anilines is 1. The fourth-order valence-electron chi connectivity index (χ4n) is 3.26. The zero-order valence-electron chi connectivity index (χ0n) is 15.8. The summed E-state index contributed by atoms with van der Waals surface area (Å²) in [6, 6.07) is 9.04. The van der Waals surface area contributed by atoms with Gasteiger partial charge in [-0.2, -0.15) is 10.4 Å². The Labute approximate surface area is 167 Å². The normalized spacial score (nSPS) is 14.5. The summed E-state index contributed by atoms with van der Waals surface area (Å²) in [5.74, 6) is 0.783. The lowest BCUT2D eigenvalue weighted by atomic mass is 10.2. The molecule has 1 aliphatic heterocycles. The lowest BCUT2D eigenvalue weighted by Crippen LogP contribution is -2.48. The summed E-state index contributed by atoms with van der Waals surface area (Å²) in [5.41, 5.74) is 1.84. The van der Waals surface area contributed by atoms with Crippen LogP contribution in [0.25, 0.3) is 11.3 Å². The Morgan fingerprint density at radius 1 is 1.00 bits per heavy atom. The van der Waals surface area contributed by atoms with Gasteiger partial charge in [0.15, 0.2) is 5.69 Å². The fourth-order valence-corrected chi connectivity index (χ4v) is 3.26. The second kappa shape index (κ2) is 8.58. The smallest absolute Gasteiger partial charge is 0.266 e. The highest BCUT2D eigenvalue weighted by Gasteiger charge is 2.18. The van der Waals surface area contributed by atoms with E-state index in [9.17, 15) is 4.79 Å². The molecule has 9 heteroatoms. The molecular weight excluding hydrogens is 368 g/mol. The molecule has 1 aliphatic rings. The first-order valence-corrected chi connectivity index (χ1v) is 9.41. The number of aromatic nitrogens is 5. The Hall–Kier alpha value is -3.64. The van der Waals surface area contributed by atoms with E-state index in [2.05, 4.69) is 29.9 Å². The van der Waals surface area contributed by atoms with Crippen molar-refractivity contribution in [2.24, 2.45) is 0 Å². The maximum atomic E-state index is 12.2. The van der Waals surface area contributed by atoms with Crippen LogP contribution < -0.4 is 10.5 Å². The molecule has 3 aromatic rings. The third kappa shape index (κ3) is 4.44. The standard InChI is InChI=1S/C20H20N8O/c21-12-17-14-24-19(15-23-17)27-9-6-26(7-10-27)8-11-28-20(29)4-3-18(25-28)16-2-1-5-22-13-16/h1-5,13-15H,6-11H2. The van der Waals surface area contributed by atoms with Crippen molar-refractivity contribution in [1.29, 1.82) is 5.26 Å². The monoisotopic (exact) mass is 388 g/mol. The van der Waals surface area contributed by atoms with E-state index in [0.29, 0.717) is 12.2 Å². The van der Waals surface area contributed by atoms with Gasteiger partial charge in [0.1, 0.15) is 11.9 Å². The molecule has 4 heterocycles. The van der Waals surface area contributed by atoms with Crippen LogP contribution in [-0.2, 0) is 6.54 Å². The molecule has 0 spiro atoms. The highest BCUT2D eigenvalue weighted by molar-refractivity contribution is 5.56. The van der Waals surface area contributed by atoms with Crippen molar-refractivity contribution in [2.75, 3.05) is 37.6 Å². The maximum absolute atomic E-state index is 12.2. The molecule has 4 rings (SSSR count).